The van der Waals surface area contributed by atoms with Gasteiger partial charge in [-0.25, -0.2) is 0 Å². The molecule has 2 aromatic rings. The molecule has 5 heteroatoms. The van der Waals surface area contributed by atoms with Gasteiger partial charge in [-0.3, -0.25) is 0 Å². The first kappa shape index (κ1) is 20.5. The molecule has 1 saturated carbocycles. The molecule has 4 N–H and O–H groups in total. The summed E-state index contributed by atoms with van der Waals surface area (Å²) in [6.45, 7) is 1.72. The van der Waals surface area contributed by atoms with Gasteiger partial charge in [0.25, 0.3) is 0 Å². The van der Waals surface area contributed by atoms with Crippen molar-refractivity contribution >= 4 is 0 Å². The topological polar surface area (TPSA) is 90.2 Å². The van der Waals surface area contributed by atoms with E-state index in [1.54, 1.807) is 0 Å². The number of ether oxygens (including phenoxy) is 1. The molecule has 2 fully saturated rings. The van der Waals surface area contributed by atoms with Gasteiger partial charge in [-0.2, -0.15) is 0 Å². The Labute approximate surface area is 171 Å². The first-order chi connectivity index (χ1) is 14.0. The van der Waals surface area contributed by atoms with E-state index in [-0.39, 0.29) is 0 Å². The highest BCUT2D eigenvalue weighted by molar-refractivity contribution is 5.41. The van der Waals surface area contributed by atoms with Crippen LogP contribution < -0.4 is 0 Å². The fourth-order valence-corrected chi connectivity index (χ4v) is 4.24. The Hall–Kier alpha value is -1.76. The fraction of sp³-hybridized carbons (Fsp3) is 0.500. The van der Waals surface area contributed by atoms with Crippen molar-refractivity contribution in [2.45, 2.75) is 69.0 Å². The molecule has 2 aromatic carbocycles. The Kier molecular flexibility index (Phi) is 6.04. The quantitative estimate of drug-likeness (QED) is 0.599. The predicted molar refractivity (Wildman–Crippen MR) is 110 cm³/mol. The molecule has 5 nitrogen and oxygen atoms in total. The highest BCUT2D eigenvalue weighted by Crippen LogP contribution is 2.43. The maximum atomic E-state index is 10.5. The van der Waals surface area contributed by atoms with E-state index >= 15 is 0 Å². The van der Waals surface area contributed by atoms with Crippen molar-refractivity contribution in [2.24, 2.45) is 0 Å². The number of hydrogen-bond acceptors (Lipinski definition) is 5. The van der Waals surface area contributed by atoms with Crippen molar-refractivity contribution in [3.05, 3.63) is 70.3 Å². The molecule has 5 atom stereocenters. The van der Waals surface area contributed by atoms with Crippen LogP contribution in [0.1, 0.15) is 59.6 Å². The lowest BCUT2D eigenvalue weighted by molar-refractivity contribution is -0.231. The van der Waals surface area contributed by atoms with Crippen LogP contribution in [0.4, 0.5) is 0 Å². The van der Waals surface area contributed by atoms with Gasteiger partial charge in [0.05, 0.1) is 6.61 Å². The number of aliphatic hydroxyl groups excluding tert-OH is 4. The van der Waals surface area contributed by atoms with Gasteiger partial charge in [-0.1, -0.05) is 49.4 Å². The molecule has 156 valence electrons. The summed E-state index contributed by atoms with van der Waals surface area (Å²) >= 11 is 0. The molecule has 29 heavy (non-hydrogen) atoms. The molecule has 1 unspecified atom stereocenters. The van der Waals surface area contributed by atoms with Gasteiger partial charge in [0.1, 0.15) is 30.5 Å². The van der Waals surface area contributed by atoms with Crippen LogP contribution in [0, 0.1) is 0 Å². The van der Waals surface area contributed by atoms with Gasteiger partial charge in [-0.15, -0.1) is 0 Å². The van der Waals surface area contributed by atoms with Crippen LogP contribution in [0.25, 0.3) is 0 Å². The first-order valence-electron chi connectivity index (χ1n) is 10.5. The van der Waals surface area contributed by atoms with Crippen molar-refractivity contribution in [1.82, 2.24) is 0 Å². The molecule has 0 spiro atoms. The lowest BCUT2D eigenvalue weighted by atomic mass is 9.88. The minimum Gasteiger partial charge on any atom is -0.394 e. The Morgan fingerprint density at radius 2 is 1.59 bits per heavy atom. The molecular formula is C24H30O5. The number of benzene rings is 2. The maximum Gasteiger partial charge on any atom is 0.113 e. The van der Waals surface area contributed by atoms with Gasteiger partial charge in [0.2, 0.25) is 0 Å². The second-order valence-electron chi connectivity index (χ2n) is 8.33. The largest absolute Gasteiger partial charge is 0.394 e. The normalized spacial score (nSPS) is 29.8. The van der Waals surface area contributed by atoms with E-state index in [1.807, 2.05) is 12.1 Å². The standard InChI is InChI=1S/C24H30O5/c1-2-14-3-5-15(6-4-14)11-18-12-17(9-10-19(18)16-7-8-16)24-23(28)22(27)21(26)20(13-25)29-24/h3-6,9-10,12,16,20-28H,2,7-8,11,13H2,1H3/t20?,21-,22-,23-,24+/m1/s1. The van der Waals surface area contributed by atoms with Crippen LogP contribution in [-0.2, 0) is 17.6 Å². The van der Waals surface area contributed by atoms with E-state index in [0.717, 1.165) is 18.4 Å². The first-order valence-corrected chi connectivity index (χ1v) is 10.5. The van der Waals surface area contributed by atoms with Crippen LogP contribution in [0.5, 0.6) is 0 Å². The zero-order chi connectivity index (χ0) is 20.5. The average molecular weight is 398 g/mol. The molecular weight excluding hydrogens is 368 g/mol. The Bertz CT molecular complexity index is 828. The summed E-state index contributed by atoms with van der Waals surface area (Å²) in [7, 11) is 0. The average Bonchev–Trinajstić information content (AvgIpc) is 3.58. The second kappa shape index (κ2) is 8.54. The van der Waals surface area contributed by atoms with Crippen molar-refractivity contribution in [3.63, 3.8) is 0 Å². The molecule has 1 aliphatic heterocycles. The Morgan fingerprint density at radius 1 is 0.897 bits per heavy atom. The lowest BCUT2D eigenvalue weighted by Crippen LogP contribution is -2.55. The Balaban J connectivity index is 1.63. The number of aliphatic hydroxyl groups is 4. The van der Waals surface area contributed by atoms with Gasteiger partial charge < -0.3 is 25.2 Å². The summed E-state index contributed by atoms with van der Waals surface area (Å²) in [5.74, 6) is 0.587. The van der Waals surface area contributed by atoms with E-state index in [0.29, 0.717) is 5.92 Å². The zero-order valence-corrected chi connectivity index (χ0v) is 16.7. The van der Waals surface area contributed by atoms with Crippen LogP contribution in [0.15, 0.2) is 42.5 Å². The molecule has 1 aliphatic carbocycles. The smallest absolute Gasteiger partial charge is 0.113 e. The summed E-state index contributed by atoms with van der Waals surface area (Å²) in [4.78, 5) is 0. The van der Waals surface area contributed by atoms with Crippen LogP contribution in [0.2, 0.25) is 0 Å². The molecule has 1 saturated heterocycles. The monoisotopic (exact) mass is 398 g/mol. The Morgan fingerprint density at radius 3 is 2.21 bits per heavy atom. The van der Waals surface area contributed by atoms with E-state index in [2.05, 4.69) is 37.3 Å². The third kappa shape index (κ3) is 4.25. The summed E-state index contributed by atoms with van der Waals surface area (Å²) in [5, 5.41) is 40.1. The third-order valence-electron chi connectivity index (χ3n) is 6.23. The molecule has 4 rings (SSSR count). The summed E-state index contributed by atoms with van der Waals surface area (Å²) in [6, 6.07) is 14.7. The fourth-order valence-electron chi connectivity index (χ4n) is 4.24. The van der Waals surface area contributed by atoms with Gasteiger partial charge >= 0.3 is 0 Å². The number of aryl methyl sites for hydroxylation is 1. The SMILES string of the molecule is CCc1ccc(Cc2cc([C@@H]3OC(CO)[C@@H](O)[C@@H](O)[C@H]3O)ccc2C2CC2)cc1. The second-order valence-corrected chi connectivity index (χ2v) is 8.33. The van der Waals surface area contributed by atoms with Crippen LogP contribution in [-0.4, -0.2) is 51.4 Å². The molecule has 2 aliphatic rings. The number of rotatable bonds is 6. The molecule has 0 aromatic heterocycles. The molecule has 0 bridgehead atoms. The van der Waals surface area contributed by atoms with E-state index < -0.39 is 37.1 Å². The van der Waals surface area contributed by atoms with Crippen molar-refractivity contribution in [3.8, 4) is 0 Å². The van der Waals surface area contributed by atoms with E-state index in [1.165, 1.54) is 35.1 Å². The highest BCUT2D eigenvalue weighted by Gasteiger charge is 2.44. The number of hydrogen-bond donors (Lipinski definition) is 4. The summed E-state index contributed by atoms with van der Waals surface area (Å²) in [6.07, 6.45) is -1.45. The molecule has 0 radical (unpaired) electrons. The zero-order valence-electron chi connectivity index (χ0n) is 16.7. The minimum absolute atomic E-state index is 0.418. The highest BCUT2D eigenvalue weighted by atomic mass is 16.5. The van der Waals surface area contributed by atoms with Gasteiger partial charge in [0.15, 0.2) is 0 Å². The molecule has 0 amide bonds. The van der Waals surface area contributed by atoms with Gasteiger partial charge in [-0.05, 0) is 59.4 Å². The van der Waals surface area contributed by atoms with E-state index in [9.17, 15) is 20.4 Å². The van der Waals surface area contributed by atoms with Gasteiger partial charge in [0, 0.05) is 0 Å². The maximum absolute atomic E-state index is 10.5. The summed E-state index contributed by atoms with van der Waals surface area (Å²) < 4.78 is 5.76. The third-order valence-corrected chi connectivity index (χ3v) is 6.23. The van der Waals surface area contributed by atoms with Crippen LogP contribution >= 0.6 is 0 Å². The molecule has 1 heterocycles. The minimum atomic E-state index is -1.36. The van der Waals surface area contributed by atoms with E-state index in [4.69, 9.17) is 4.74 Å². The lowest BCUT2D eigenvalue weighted by Gasteiger charge is -2.40. The predicted octanol–water partition coefficient (Wildman–Crippen LogP) is 2.23. The van der Waals surface area contributed by atoms with Crippen molar-refractivity contribution in [1.29, 1.82) is 0 Å². The summed E-state index contributed by atoms with van der Waals surface area (Å²) in [5.41, 5.74) is 5.83. The van der Waals surface area contributed by atoms with Crippen molar-refractivity contribution < 1.29 is 25.2 Å². The van der Waals surface area contributed by atoms with Crippen molar-refractivity contribution in [2.75, 3.05) is 6.61 Å². The van der Waals surface area contributed by atoms with Crippen LogP contribution in [0.3, 0.4) is 0 Å².